The molecule has 0 unspecified atom stereocenters. The maximum atomic E-state index is 13.4. The van der Waals surface area contributed by atoms with E-state index in [2.05, 4.69) is 0 Å². The predicted octanol–water partition coefficient (Wildman–Crippen LogP) is 4.29. The second-order valence-corrected chi connectivity index (χ2v) is 3.89. The highest BCUT2D eigenvalue weighted by Gasteiger charge is 2.19. The van der Waals surface area contributed by atoms with Crippen molar-refractivity contribution in [2.24, 2.45) is 0 Å². The van der Waals surface area contributed by atoms with Gasteiger partial charge in [-0.1, -0.05) is 19.9 Å². The van der Waals surface area contributed by atoms with Crippen molar-refractivity contribution in [3.05, 3.63) is 35.2 Å². The van der Waals surface area contributed by atoms with Crippen molar-refractivity contribution in [1.82, 2.24) is 0 Å². The Labute approximate surface area is 110 Å². The minimum atomic E-state index is -1.68. The summed E-state index contributed by atoms with van der Waals surface area (Å²) in [6.07, 6.45) is 2.53. The van der Waals surface area contributed by atoms with Crippen LogP contribution >= 0.6 is 0 Å². The summed E-state index contributed by atoms with van der Waals surface area (Å²) in [6, 6.07) is 0. The third-order valence-corrected chi connectivity index (χ3v) is 2.36. The molecule has 0 saturated carbocycles. The lowest BCUT2D eigenvalue weighted by Gasteiger charge is -2.02. The maximum Gasteiger partial charge on any atom is 0.190 e. The van der Waals surface area contributed by atoms with Crippen LogP contribution in [0.15, 0.2) is 35.2 Å². The lowest BCUT2D eigenvalue weighted by Crippen LogP contribution is -2.08. The highest BCUT2D eigenvalue weighted by molar-refractivity contribution is 6.11. The summed E-state index contributed by atoms with van der Waals surface area (Å²) in [5, 5.41) is 0. The molecule has 0 heterocycles. The average Bonchev–Trinajstić information content (AvgIpc) is 2.41. The van der Waals surface area contributed by atoms with Gasteiger partial charge in [-0.15, -0.1) is 0 Å². The van der Waals surface area contributed by atoms with Gasteiger partial charge in [-0.3, -0.25) is 9.59 Å². The monoisotopic (exact) mass is 274 g/mol. The molecule has 2 nitrogen and oxygen atoms in total. The molecule has 0 N–H and O–H groups in total. The molecule has 5 heteroatoms. The molecule has 0 fully saturated rings. The molecule has 0 aliphatic rings. The number of hydrogen-bond acceptors (Lipinski definition) is 2. The van der Waals surface area contributed by atoms with Crippen LogP contribution < -0.4 is 0 Å². The zero-order valence-electron chi connectivity index (χ0n) is 11.2. The lowest BCUT2D eigenvalue weighted by atomic mass is 10.1. The summed E-state index contributed by atoms with van der Waals surface area (Å²) in [6.45, 7) is 4.15. The zero-order chi connectivity index (χ0) is 15.0. The summed E-state index contributed by atoms with van der Waals surface area (Å²) >= 11 is 0. The first kappa shape index (κ1) is 17.3. The molecule has 19 heavy (non-hydrogen) atoms. The van der Waals surface area contributed by atoms with Gasteiger partial charge in [0.15, 0.2) is 23.2 Å². The first-order valence-corrected chi connectivity index (χ1v) is 5.98. The summed E-state index contributed by atoms with van der Waals surface area (Å²) in [4.78, 5) is 22.8. The summed E-state index contributed by atoms with van der Waals surface area (Å²) in [5.74, 6) is -5.84. The van der Waals surface area contributed by atoms with E-state index in [0.717, 1.165) is 6.92 Å². The van der Waals surface area contributed by atoms with E-state index in [9.17, 15) is 22.8 Å². The van der Waals surface area contributed by atoms with Crippen LogP contribution in [0.1, 0.15) is 40.0 Å². The van der Waals surface area contributed by atoms with Crippen LogP contribution in [0.5, 0.6) is 0 Å². The van der Waals surface area contributed by atoms with Crippen LogP contribution in [0.3, 0.4) is 0 Å². The molecule has 0 bridgehead atoms. The van der Waals surface area contributed by atoms with Gasteiger partial charge in [0, 0.05) is 5.57 Å². The normalized spacial score (nSPS) is 14.2. The van der Waals surface area contributed by atoms with Gasteiger partial charge in [-0.2, -0.15) is 0 Å². The zero-order valence-corrected chi connectivity index (χ0v) is 11.2. The number of Topliss-reactive ketones (excluding diaryl/α,β-unsaturated/α-hetero) is 1. The van der Waals surface area contributed by atoms with E-state index < -0.39 is 41.0 Å². The van der Waals surface area contributed by atoms with Gasteiger partial charge in [0.05, 0.1) is 6.42 Å². The smallest absolute Gasteiger partial charge is 0.190 e. The highest BCUT2D eigenvalue weighted by atomic mass is 19.2. The minimum Gasteiger partial charge on any atom is -0.294 e. The molecule has 0 spiro atoms. The van der Waals surface area contributed by atoms with Crippen LogP contribution in [-0.4, -0.2) is 11.6 Å². The number of carbonyl (C=O) groups is 2. The minimum absolute atomic E-state index is 0.307. The molecule has 0 amide bonds. The Morgan fingerprint density at radius 3 is 2.11 bits per heavy atom. The van der Waals surface area contributed by atoms with Gasteiger partial charge in [-0.05, 0) is 25.8 Å². The van der Waals surface area contributed by atoms with Crippen LogP contribution in [-0.2, 0) is 9.59 Å². The molecule has 0 rings (SSSR count). The van der Waals surface area contributed by atoms with E-state index in [1.165, 1.54) is 13.0 Å². The fourth-order valence-electron chi connectivity index (χ4n) is 1.16. The molecule has 0 aromatic carbocycles. The first-order valence-electron chi connectivity index (χ1n) is 5.98. The Kier molecular flexibility index (Phi) is 7.72. The van der Waals surface area contributed by atoms with Crippen molar-refractivity contribution in [3.63, 3.8) is 0 Å². The molecule has 0 aliphatic carbocycles. The summed E-state index contributed by atoms with van der Waals surface area (Å²) in [7, 11) is 0. The van der Waals surface area contributed by atoms with Gasteiger partial charge in [0.2, 0.25) is 0 Å². The van der Waals surface area contributed by atoms with Gasteiger partial charge in [0.1, 0.15) is 5.83 Å². The number of carbonyl (C=O) groups excluding carboxylic acids is 2. The van der Waals surface area contributed by atoms with Crippen LogP contribution in [0.4, 0.5) is 13.2 Å². The van der Waals surface area contributed by atoms with Crippen LogP contribution in [0, 0.1) is 0 Å². The SMILES string of the molecule is CC/C=C\C(=O)CC(=O)/C(C)=C(F)/C(F)=C(/F)CC. The molecular formula is C14H17F3O2. The van der Waals surface area contributed by atoms with E-state index in [-0.39, 0.29) is 6.42 Å². The largest absolute Gasteiger partial charge is 0.294 e. The maximum absolute atomic E-state index is 13.4. The van der Waals surface area contributed by atoms with E-state index in [0.29, 0.717) is 6.42 Å². The van der Waals surface area contributed by atoms with Gasteiger partial charge in [-0.25, -0.2) is 13.2 Å². The fraction of sp³-hybridized carbons (Fsp3) is 0.429. The summed E-state index contributed by atoms with van der Waals surface area (Å²) in [5.41, 5.74) is -0.584. The molecule has 0 saturated heterocycles. The quantitative estimate of drug-likeness (QED) is 0.394. The molecule has 0 atom stereocenters. The average molecular weight is 274 g/mol. The van der Waals surface area contributed by atoms with E-state index in [1.807, 2.05) is 6.92 Å². The Morgan fingerprint density at radius 1 is 1.05 bits per heavy atom. The van der Waals surface area contributed by atoms with Crippen molar-refractivity contribution in [1.29, 1.82) is 0 Å². The van der Waals surface area contributed by atoms with E-state index in [1.54, 1.807) is 6.08 Å². The van der Waals surface area contributed by atoms with Gasteiger partial charge in [0.25, 0.3) is 0 Å². The number of rotatable bonds is 7. The molecular weight excluding hydrogens is 257 g/mol. The second-order valence-electron chi connectivity index (χ2n) is 3.89. The highest BCUT2D eigenvalue weighted by Crippen LogP contribution is 2.24. The first-order chi connectivity index (χ1) is 8.84. The van der Waals surface area contributed by atoms with Crippen molar-refractivity contribution in [3.8, 4) is 0 Å². The lowest BCUT2D eigenvalue weighted by molar-refractivity contribution is -0.122. The van der Waals surface area contributed by atoms with Crippen molar-refractivity contribution in [2.75, 3.05) is 0 Å². The third kappa shape index (κ3) is 5.68. The Bertz CT molecular complexity index is 446. The van der Waals surface area contributed by atoms with Crippen LogP contribution in [0.25, 0.3) is 0 Å². The molecule has 0 aromatic heterocycles. The molecule has 106 valence electrons. The topological polar surface area (TPSA) is 34.1 Å². The number of hydrogen-bond donors (Lipinski definition) is 0. The molecule has 0 radical (unpaired) electrons. The van der Waals surface area contributed by atoms with Crippen molar-refractivity contribution < 1.29 is 22.8 Å². The van der Waals surface area contributed by atoms with Crippen molar-refractivity contribution in [2.45, 2.75) is 40.0 Å². The molecule has 0 aliphatic heterocycles. The second kappa shape index (κ2) is 8.45. The fourth-order valence-corrected chi connectivity index (χ4v) is 1.16. The molecule has 0 aromatic rings. The van der Waals surface area contributed by atoms with Crippen LogP contribution in [0.2, 0.25) is 0 Å². The van der Waals surface area contributed by atoms with Gasteiger partial charge < -0.3 is 0 Å². The number of halogens is 3. The van der Waals surface area contributed by atoms with Crippen molar-refractivity contribution >= 4 is 11.6 Å². The Hall–Kier alpha value is -1.65. The Balaban J connectivity index is 5.00. The standard InChI is InChI=1S/C14H17F3O2/c1-4-6-7-10(18)8-12(19)9(3)13(16)14(17)11(15)5-2/h6-7H,4-5,8H2,1-3H3/b7-6-,13-9-,14-11-. The number of ketones is 2. The van der Waals surface area contributed by atoms with E-state index in [4.69, 9.17) is 0 Å². The Morgan fingerprint density at radius 2 is 1.63 bits per heavy atom. The van der Waals surface area contributed by atoms with Gasteiger partial charge >= 0.3 is 0 Å². The summed E-state index contributed by atoms with van der Waals surface area (Å²) < 4.78 is 39.5. The van der Waals surface area contributed by atoms with E-state index >= 15 is 0 Å². The number of allylic oxidation sites excluding steroid dienone is 6. The predicted molar refractivity (Wildman–Crippen MR) is 67.4 cm³/mol. The third-order valence-electron chi connectivity index (χ3n) is 2.36.